The predicted molar refractivity (Wildman–Crippen MR) is 181 cm³/mol. The first-order valence-corrected chi connectivity index (χ1v) is 16.1. The summed E-state index contributed by atoms with van der Waals surface area (Å²) in [6, 6.07) is 20.2. The number of ether oxygens (including phenoxy) is 4. The lowest BCUT2D eigenvalue weighted by atomic mass is 9.78. The number of phenolic OH excluding ortho intramolecular Hbond substituents is 2. The molecule has 2 bridgehead atoms. The number of aromatic hydroxyl groups is 2. The minimum absolute atomic E-state index is 0.0184. The molecule has 48 heavy (non-hydrogen) atoms. The molecule has 3 aliphatic heterocycles. The summed E-state index contributed by atoms with van der Waals surface area (Å²) in [6.07, 6.45) is 2.29. The maximum Gasteiger partial charge on any atom is 0.245 e. The highest BCUT2D eigenvalue weighted by atomic mass is 16.5. The number of amides is 1. The fourth-order valence-electron chi connectivity index (χ4n) is 7.60. The molecule has 1 fully saturated rings. The molecule has 3 atom stereocenters. The van der Waals surface area contributed by atoms with Gasteiger partial charge in [0.2, 0.25) is 5.91 Å². The minimum atomic E-state index is -0.738. The highest BCUT2D eigenvalue weighted by molar-refractivity contribution is 5.91. The Morgan fingerprint density at radius 2 is 1.48 bits per heavy atom. The van der Waals surface area contributed by atoms with Gasteiger partial charge in [0, 0.05) is 28.0 Å². The summed E-state index contributed by atoms with van der Waals surface area (Å²) in [5.41, 5.74) is 6.75. The normalized spacial score (nSPS) is 19.6. The summed E-state index contributed by atoms with van der Waals surface area (Å²) >= 11 is 0. The van der Waals surface area contributed by atoms with Crippen LogP contribution in [0.25, 0.3) is 6.08 Å². The number of fused-ring (bicyclic) bond motifs is 7. The molecule has 0 aromatic heterocycles. The molecule has 0 aliphatic carbocycles. The smallest absolute Gasteiger partial charge is 0.245 e. The maximum atomic E-state index is 14.6. The van der Waals surface area contributed by atoms with E-state index in [1.54, 1.807) is 18.9 Å². The molecule has 3 heterocycles. The summed E-state index contributed by atoms with van der Waals surface area (Å²) in [7, 11) is 5.05. The van der Waals surface area contributed by atoms with Gasteiger partial charge in [-0.25, -0.2) is 0 Å². The molecule has 7 rings (SSSR count). The number of hydrogen-bond donors (Lipinski definition) is 2. The minimum Gasteiger partial charge on any atom is -0.507 e. The molecule has 1 saturated heterocycles. The molecular formula is C39H40N2O7. The molecule has 9 heteroatoms. The van der Waals surface area contributed by atoms with E-state index in [0.717, 1.165) is 27.8 Å². The number of piperazine rings is 1. The van der Waals surface area contributed by atoms with Gasteiger partial charge >= 0.3 is 0 Å². The van der Waals surface area contributed by atoms with Gasteiger partial charge in [-0.2, -0.15) is 0 Å². The van der Waals surface area contributed by atoms with Crippen LogP contribution < -0.4 is 14.2 Å². The molecule has 1 amide bonds. The Hall–Kier alpha value is -4.99. The van der Waals surface area contributed by atoms with E-state index in [0.29, 0.717) is 53.5 Å². The zero-order valence-corrected chi connectivity index (χ0v) is 27.8. The number of aryl methyl sites for hydroxylation is 1. The maximum absolute atomic E-state index is 14.6. The first-order valence-electron chi connectivity index (χ1n) is 16.1. The predicted octanol–water partition coefficient (Wildman–Crippen LogP) is 6.36. The van der Waals surface area contributed by atoms with Gasteiger partial charge in [0.15, 0.2) is 23.0 Å². The molecule has 248 valence electrons. The SMILES string of the molecule is COc1c(C)c(O)c2c(c1O)[C@H](COCc1ccccc1)N1C(=O)[C@@H]3Cc4cc(C)c(OC)c(OCc5ccccc5)c4[C@@H](C1=C2)N3C. The van der Waals surface area contributed by atoms with Crippen LogP contribution in [0.15, 0.2) is 72.4 Å². The van der Waals surface area contributed by atoms with Crippen LogP contribution in [0.4, 0.5) is 0 Å². The Kier molecular flexibility index (Phi) is 8.27. The van der Waals surface area contributed by atoms with Crippen molar-refractivity contribution in [1.29, 1.82) is 0 Å². The van der Waals surface area contributed by atoms with Crippen LogP contribution in [0.5, 0.6) is 28.7 Å². The van der Waals surface area contributed by atoms with Crippen molar-refractivity contribution in [3.63, 3.8) is 0 Å². The fourth-order valence-corrected chi connectivity index (χ4v) is 7.60. The molecule has 4 aromatic carbocycles. The number of carbonyl (C=O) groups excluding carboxylic acids is 1. The molecule has 0 radical (unpaired) electrons. The number of rotatable bonds is 9. The van der Waals surface area contributed by atoms with Gasteiger partial charge in [-0.05, 0) is 55.6 Å². The van der Waals surface area contributed by atoms with E-state index in [1.165, 1.54) is 7.11 Å². The van der Waals surface area contributed by atoms with Crippen molar-refractivity contribution in [3.8, 4) is 28.7 Å². The van der Waals surface area contributed by atoms with Crippen LogP contribution in [0.1, 0.15) is 56.6 Å². The van der Waals surface area contributed by atoms with Gasteiger partial charge in [0.05, 0.1) is 45.6 Å². The highest BCUT2D eigenvalue weighted by Gasteiger charge is 2.53. The third-order valence-corrected chi connectivity index (χ3v) is 9.88. The second-order valence-electron chi connectivity index (χ2n) is 12.7. The largest absolute Gasteiger partial charge is 0.507 e. The molecule has 0 saturated carbocycles. The Balaban J connectivity index is 1.40. The van der Waals surface area contributed by atoms with E-state index < -0.39 is 18.1 Å². The summed E-state index contributed by atoms with van der Waals surface area (Å²) in [4.78, 5) is 18.5. The van der Waals surface area contributed by atoms with Crippen LogP contribution in [0.2, 0.25) is 0 Å². The van der Waals surface area contributed by atoms with Crippen molar-refractivity contribution in [2.24, 2.45) is 0 Å². The first kappa shape index (κ1) is 31.6. The third-order valence-electron chi connectivity index (χ3n) is 9.88. The van der Waals surface area contributed by atoms with Crippen molar-refractivity contribution in [3.05, 3.63) is 117 Å². The molecule has 3 aliphatic rings. The first-order chi connectivity index (χ1) is 23.2. The van der Waals surface area contributed by atoms with Crippen LogP contribution in [-0.4, -0.2) is 59.8 Å². The van der Waals surface area contributed by atoms with E-state index in [4.69, 9.17) is 18.9 Å². The molecule has 9 nitrogen and oxygen atoms in total. The van der Waals surface area contributed by atoms with Gasteiger partial charge in [0.25, 0.3) is 0 Å². The van der Waals surface area contributed by atoms with Crippen molar-refractivity contribution in [2.75, 3.05) is 27.9 Å². The number of hydrogen-bond acceptors (Lipinski definition) is 8. The van der Waals surface area contributed by atoms with Gasteiger partial charge in [-0.1, -0.05) is 66.7 Å². The van der Waals surface area contributed by atoms with E-state index in [-0.39, 0.29) is 29.8 Å². The van der Waals surface area contributed by atoms with Gasteiger partial charge in [-0.3, -0.25) is 9.69 Å². The van der Waals surface area contributed by atoms with Crippen molar-refractivity contribution in [2.45, 2.75) is 51.6 Å². The van der Waals surface area contributed by atoms with Crippen LogP contribution in [0.3, 0.4) is 0 Å². The number of methoxy groups -OCH3 is 2. The Morgan fingerprint density at radius 3 is 2.12 bits per heavy atom. The number of likely N-dealkylation sites (N-methyl/N-ethyl adjacent to an activating group) is 1. The topological polar surface area (TPSA) is 101 Å². The standard InChI is InChI=1S/C39H40N2O7/c1-22-16-26-17-29-39(44)41-28(33(40(29)3)31(26)38(36(22)45-4)48-20-25-14-10-7-11-15-25)18-27-32(35(43)37(46-5)23(2)34(27)42)30(41)21-47-19-24-12-8-6-9-13-24/h6-16,18,29-30,33,42-43H,17,19-21H2,1-5H3/t29-,30-,33+/m0/s1. The molecule has 0 spiro atoms. The number of phenols is 2. The fraction of sp³-hybridized carbons (Fsp3) is 0.308. The van der Waals surface area contributed by atoms with Gasteiger partial charge in [0.1, 0.15) is 12.4 Å². The lowest BCUT2D eigenvalue weighted by Gasteiger charge is -2.53. The average Bonchev–Trinajstić information content (AvgIpc) is 3.09. The summed E-state index contributed by atoms with van der Waals surface area (Å²) in [5.74, 6) is 1.19. The molecule has 0 unspecified atom stereocenters. The lowest BCUT2D eigenvalue weighted by molar-refractivity contribution is -0.145. The second-order valence-corrected chi connectivity index (χ2v) is 12.7. The second kappa shape index (κ2) is 12.6. The lowest BCUT2D eigenvalue weighted by Crippen LogP contribution is -2.60. The van der Waals surface area contributed by atoms with E-state index >= 15 is 0 Å². The highest BCUT2D eigenvalue weighted by Crippen LogP contribution is 2.57. The zero-order valence-electron chi connectivity index (χ0n) is 27.8. The van der Waals surface area contributed by atoms with Crippen LogP contribution in [0, 0.1) is 13.8 Å². The van der Waals surface area contributed by atoms with Gasteiger partial charge in [-0.15, -0.1) is 0 Å². The Bertz CT molecular complexity index is 1910. The van der Waals surface area contributed by atoms with E-state index in [9.17, 15) is 15.0 Å². The Morgan fingerprint density at radius 1 is 0.833 bits per heavy atom. The van der Waals surface area contributed by atoms with Crippen LogP contribution >= 0.6 is 0 Å². The summed E-state index contributed by atoms with van der Waals surface area (Å²) < 4.78 is 24.4. The van der Waals surface area contributed by atoms with Crippen molar-refractivity contribution >= 4 is 12.0 Å². The Labute approximate surface area is 280 Å². The molecular weight excluding hydrogens is 608 g/mol. The molecule has 2 N–H and O–H groups in total. The number of nitrogens with zero attached hydrogens (tertiary/aromatic N) is 2. The van der Waals surface area contributed by atoms with E-state index in [1.807, 2.05) is 80.7 Å². The number of benzene rings is 4. The average molecular weight is 649 g/mol. The van der Waals surface area contributed by atoms with E-state index in [2.05, 4.69) is 11.0 Å². The molecule has 4 aromatic rings. The zero-order chi connectivity index (χ0) is 33.7. The summed E-state index contributed by atoms with van der Waals surface area (Å²) in [5, 5.41) is 23.2. The quantitative estimate of drug-likeness (QED) is 0.202. The monoisotopic (exact) mass is 648 g/mol. The number of carbonyl (C=O) groups is 1. The summed E-state index contributed by atoms with van der Waals surface area (Å²) in [6.45, 7) is 4.42. The van der Waals surface area contributed by atoms with Crippen LogP contribution in [-0.2, 0) is 29.2 Å². The third kappa shape index (κ3) is 5.05. The van der Waals surface area contributed by atoms with Crippen molar-refractivity contribution < 1.29 is 34.0 Å². The van der Waals surface area contributed by atoms with Crippen molar-refractivity contribution in [1.82, 2.24) is 9.80 Å². The van der Waals surface area contributed by atoms with Gasteiger partial charge < -0.3 is 34.1 Å².